The number of benzene rings is 2. The Morgan fingerprint density at radius 2 is 1.38 bits per heavy atom. The predicted molar refractivity (Wildman–Crippen MR) is 94.8 cm³/mol. The van der Waals surface area contributed by atoms with E-state index in [9.17, 15) is 44.7 Å². The van der Waals surface area contributed by atoms with E-state index in [2.05, 4.69) is 4.74 Å². The summed E-state index contributed by atoms with van der Waals surface area (Å²) < 4.78 is 111. The Bertz CT molecular complexity index is 962. The molecule has 0 bridgehead atoms. The van der Waals surface area contributed by atoms with Crippen LogP contribution in [-0.4, -0.2) is 42.7 Å². The molecule has 176 valence electrons. The van der Waals surface area contributed by atoms with Crippen molar-refractivity contribution in [1.82, 2.24) is 0 Å². The lowest BCUT2D eigenvalue weighted by Crippen LogP contribution is -2.59. The van der Waals surface area contributed by atoms with Crippen molar-refractivity contribution in [3.8, 4) is 0 Å². The summed E-state index contributed by atoms with van der Waals surface area (Å²) >= 11 is 0. The molecular weight excluding hydrogens is 456 g/mol. The van der Waals surface area contributed by atoms with Crippen molar-refractivity contribution in [2.45, 2.75) is 43.6 Å². The molecule has 0 fully saturated rings. The number of carbonyl (C=O) groups excluding carboxylic acids is 2. The van der Waals surface area contributed by atoms with E-state index in [0.717, 1.165) is 10.8 Å². The second kappa shape index (κ2) is 9.70. The number of ether oxygens (including phenoxy) is 2. The largest absolute Gasteiger partial charge is 0.461 e. The molecule has 0 N–H and O–H groups in total. The molecular formula is C20H16F8O4. The Labute approximate surface area is 176 Å². The molecule has 4 nitrogen and oxygen atoms in total. The number of hydrogen-bond acceptors (Lipinski definition) is 4. The molecule has 0 aliphatic carbocycles. The van der Waals surface area contributed by atoms with Gasteiger partial charge in [0.05, 0.1) is 12.8 Å². The summed E-state index contributed by atoms with van der Waals surface area (Å²) in [5, 5.41) is 1.82. The molecule has 12 heteroatoms. The van der Waals surface area contributed by atoms with Gasteiger partial charge in [-0.25, -0.2) is 8.78 Å². The molecule has 0 aliphatic rings. The van der Waals surface area contributed by atoms with Crippen molar-refractivity contribution in [2.24, 2.45) is 0 Å². The molecule has 2 rings (SSSR count). The highest BCUT2D eigenvalue weighted by atomic mass is 19.4. The molecule has 0 unspecified atom stereocenters. The zero-order valence-electron chi connectivity index (χ0n) is 16.1. The van der Waals surface area contributed by atoms with Gasteiger partial charge in [-0.05, 0) is 22.4 Å². The zero-order chi connectivity index (χ0) is 24.2. The van der Waals surface area contributed by atoms with Crippen LogP contribution in [0.25, 0.3) is 10.8 Å². The van der Waals surface area contributed by atoms with Gasteiger partial charge in [-0.15, -0.1) is 0 Å². The number of rotatable bonds is 10. The normalized spacial score (nSPS) is 12.8. The van der Waals surface area contributed by atoms with Crippen molar-refractivity contribution < 1.29 is 54.2 Å². The molecule has 0 saturated carbocycles. The average Bonchev–Trinajstić information content (AvgIpc) is 2.74. The van der Waals surface area contributed by atoms with Crippen LogP contribution in [0.2, 0.25) is 0 Å². The van der Waals surface area contributed by atoms with Crippen molar-refractivity contribution >= 4 is 22.7 Å². The molecule has 0 atom stereocenters. The molecule has 32 heavy (non-hydrogen) atoms. The first kappa shape index (κ1) is 25.3. The minimum absolute atomic E-state index is 0.175. The van der Waals surface area contributed by atoms with Gasteiger partial charge in [0.25, 0.3) is 0 Å². The van der Waals surface area contributed by atoms with Gasteiger partial charge in [-0.1, -0.05) is 36.4 Å². The third kappa shape index (κ3) is 5.65. The molecule has 0 saturated heterocycles. The Kier molecular flexibility index (Phi) is 7.68. The van der Waals surface area contributed by atoms with Gasteiger partial charge in [-0.2, -0.15) is 26.3 Å². The number of esters is 2. The van der Waals surface area contributed by atoms with Crippen LogP contribution in [0.3, 0.4) is 0 Å². The van der Waals surface area contributed by atoms with Crippen LogP contribution in [0.15, 0.2) is 42.5 Å². The highest BCUT2D eigenvalue weighted by molar-refractivity contribution is 5.83. The maximum absolute atomic E-state index is 13.3. The van der Waals surface area contributed by atoms with E-state index in [1.165, 1.54) is 0 Å². The fourth-order valence-corrected chi connectivity index (χ4v) is 2.48. The summed E-state index contributed by atoms with van der Waals surface area (Å²) in [6.45, 7) is -2.75. The van der Waals surface area contributed by atoms with Crippen LogP contribution in [0.5, 0.6) is 0 Å². The summed E-state index contributed by atoms with van der Waals surface area (Å²) in [5.41, 5.74) is 0.612. The van der Waals surface area contributed by atoms with Crippen LogP contribution in [0, 0.1) is 0 Å². The third-order valence-corrected chi connectivity index (χ3v) is 4.31. The molecule has 2 aromatic rings. The Morgan fingerprint density at radius 3 is 1.97 bits per heavy atom. The number of fused-ring (bicyclic) bond motifs is 1. The first-order valence-corrected chi connectivity index (χ1v) is 8.98. The molecule has 0 heterocycles. The van der Waals surface area contributed by atoms with Crippen molar-refractivity contribution in [1.29, 1.82) is 0 Å². The highest BCUT2D eigenvalue weighted by Crippen LogP contribution is 2.48. The van der Waals surface area contributed by atoms with Gasteiger partial charge in [0.15, 0.2) is 6.61 Å². The summed E-state index contributed by atoms with van der Waals surface area (Å²) in [4.78, 5) is 23.1. The summed E-state index contributed by atoms with van der Waals surface area (Å²) in [6, 6.07) is 12.5. The SMILES string of the molecule is O=C(CCC(=O)OCC(F)(F)C(F)(F)C(F)(F)C(F)F)OCc1ccc2ccccc2c1. The zero-order valence-corrected chi connectivity index (χ0v) is 16.1. The van der Waals surface area contributed by atoms with Crippen LogP contribution in [0.1, 0.15) is 18.4 Å². The summed E-state index contributed by atoms with van der Waals surface area (Å²) in [5.74, 6) is -21.2. The van der Waals surface area contributed by atoms with Crippen molar-refractivity contribution in [3.05, 3.63) is 48.0 Å². The van der Waals surface area contributed by atoms with Crippen molar-refractivity contribution in [2.75, 3.05) is 6.61 Å². The minimum Gasteiger partial charge on any atom is -0.461 e. The maximum Gasteiger partial charge on any atom is 0.381 e. The third-order valence-electron chi connectivity index (χ3n) is 4.31. The quantitative estimate of drug-likeness (QED) is 0.344. The Hall–Kier alpha value is -2.92. The van der Waals surface area contributed by atoms with E-state index in [1.807, 2.05) is 18.2 Å². The van der Waals surface area contributed by atoms with Crippen LogP contribution >= 0.6 is 0 Å². The second-order valence-electron chi connectivity index (χ2n) is 6.71. The lowest BCUT2D eigenvalue weighted by molar-refractivity contribution is -0.344. The first-order valence-electron chi connectivity index (χ1n) is 8.98. The monoisotopic (exact) mass is 472 g/mol. The van der Waals surface area contributed by atoms with Crippen LogP contribution < -0.4 is 0 Å². The van der Waals surface area contributed by atoms with Gasteiger partial charge in [0.1, 0.15) is 6.61 Å². The predicted octanol–water partition coefficient (Wildman–Crippen LogP) is 5.38. The minimum atomic E-state index is -6.48. The van der Waals surface area contributed by atoms with E-state index in [0.29, 0.717) is 5.56 Å². The molecule has 0 spiro atoms. The number of carbonyl (C=O) groups is 2. The number of alkyl halides is 8. The number of hydrogen-bond donors (Lipinski definition) is 0. The fraction of sp³-hybridized carbons (Fsp3) is 0.400. The lowest BCUT2D eigenvalue weighted by Gasteiger charge is -2.31. The second-order valence-corrected chi connectivity index (χ2v) is 6.71. The van der Waals surface area contributed by atoms with Crippen LogP contribution in [-0.2, 0) is 25.7 Å². The number of halogens is 8. The maximum atomic E-state index is 13.3. The van der Waals surface area contributed by atoms with Gasteiger partial charge < -0.3 is 9.47 Å². The molecule has 0 radical (unpaired) electrons. The molecule has 0 amide bonds. The van der Waals surface area contributed by atoms with E-state index in [-0.39, 0.29) is 6.61 Å². The molecule has 0 aromatic heterocycles. The van der Waals surface area contributed by atoms with Gasteiger partial charge in [0, 0.05) is 0 Å². The highest BCUT2D eigenvalue weighted by Gasteiger charge is 2.75. The standard InChI is InChI=1S/C20H16F8O4/c21-17(22)19(25,26)20(27,28)18(23,24)11-32-16(30)8-7-15(29)31-10-12-5-6-13-3-1-2-4-14(13)9-12/h1-6,9,17H,7-8,10-11H2. The van der Waals surface area contributed by atoms with Crippen molar-refractivity contribution in [3.63, 3.8) is 0 Å². The van der Waals surface area contributed by atoms with E-state index >= 15 is 0 Å². The average molecular weight is 472 g/mol. The smallest absolute Gasteiger partial charge is 0.381 e. The van der Waals surface area contributed by atoms with Gasteiger partial charge in [-0.3, -0.25) is 9.59 Å². The van der Waals surface area contributed by atoms with Gasteiger partial charge in [0.2, 0.25) is 0 Å². The van der Waals surface area contributed by atoms with Crippen LogP contribution in [0.4, 0.5) is 35.1 Å². The van der Waals surface area contributed by atoms with E-state index in [4.69, 9.17) is 4.74 Å². The topological polar surface area (TPSA) is 52.6 Å². The molecule has 0 aliphatic heterocycles. The fourth-order valence-electron chi connectivity index (χ4n) is 2.48. The Morgan fingerprint density at radius 1 is 0.812 bits per heavy atom. The Balaban J connectivity index is 1.81. The summed E-state index contributed by atoms with van der Waals surface area (Å²) in [6.07, 6.45) is -6.64. The van der Waals surface area contributed by atoms with Gasteiger partial charge >= 0.3 is 36.1 Å². The van der Waals surface area contributed by atoms with E-state index in [1.54, 1.807) is 24.3 Å². The van der Waals surface area contributed by atoms with E-state index < -0.39 is 55.6 Å². The first-order chi connectivity index (χ1) is 14.8. The summed E-state index contributed by atoms with van der Waals surface area (Å²) in [7, 11) is 0. The molecule has 2 aromatic carbocycles. The lowest BCUT2D eigenvalue weighted by atomic mass is 10.1.